The number of nitrogens with one attached hydrogen (secondary N) is 3. The van der Waals surface area contributed by atoms with Crippen LogP contribution in [0.2, 0.25) is 0 Å². The van der Waals surface area contributed by atoms with Crippen LogP contribution >= 0.6 is 24.0 Å². The second-order valence-corrected chi connectivity index (χ2v) is 7.51. The number of aromatic nitrogens is 3. The topological polar surface area (TPSA) is 100 Å². The van der Waals surface area contributed by atoms with Gasteiger partial charge in [-0.1, -0.05) is 18.2 Å². The van der Waals surface area contributed by atoms with E-state index in [4.69, 9.17) is 9.15 Å². The minimum atomic E-state index is -0.248. The van der Waals surface area contributed by atoms with Gasteiger partial charge in [-0.2, -0.15) is 5.10 Å². The summed E-state index contributed by atoms with van der Waals surface area (Å²) in [6.07, 6.45) is 2.28. The first-order valence-electron chi connectivity index (χ1n) is 9.61. The van der Waals surface area contributed by atoms with Crippen LogP contribution < -0.4 is 15.4 Å². The highest BCUT2D eigenvalue weighted by molar-refractivity contribution is 14.0. The van der Waals surface area contributed by atoms with Crippen LogP contribution in [0.15, 0.2) is 52.1 Å². The smallest absolute Gasteiger partial charge is 0.216 e. The molecule has 30 heavy (non-hydrogen) atoms. The first-order valence-corrected chi connectivity index (χ1v) is 9.61. The van der Waals surface area contributed by atoms with Crippen LogP contribution in [0, 0.1) is 0 Å². The van der Waals surface area contributed by atoms with E-state index >= 15 is 0 Å². The molecule has 162 valence electrons. The molecule has 3 aromatic rings. The van der Waals surface area contributed by atoms with Crippen LogP contribution in [0.4, 0.5) is 0 Å². The first-order chi connectivity index (χ1) is 13.9. The first kappa shape index (κ1) is 23.7. The van der Waals surface area contributed by atoms with Crippen LogP contribution in [-0.4, -0.2) is 40.3 Å². The molecule has 0 aliphatic rings. The number of ether oxygens (including phenoxy) is 1. The van der Waals surface area contributed by atoms with E-state index in [-0.39, 0.29) is 29.6 Å². The van der Waals surface area contributed by atoms with E-state index in [0.29, 0.717) is 37.1 Å². The summed E-state index contributed by atoms with van der Waals surface area (Å²) in [5.74, 6) is 3.57. The number of nitrogens with zero attached hydrogens (tertiary/aromatic N) is 3. The molecular formula is C21H29IN6O2. The third-order valence-corrected chi connectivity index (χ3v) is 3.99. The van der Waals surface area contributed by atoms with Gasteiger partial charge in [-0.3, -0.25) is 10.1 Å². The Morgan fingerprint density at radius 1 is 1.17 bits per heavy atom. The third-order valence-electron chi connectivity index (χ3n) is 3.99. The maximum absolute atomic E-state index is 6.04. The van der Waals surface area contributed by atoms with Gasteiger partial charge in [0.1, 0.15) is 17.2 Å². The molecule has 2 heterocycles. The van der Waals surface area contributed by atoms with Gasteiger partial charge in [0.15, 0.2) is 11.7 Å². The van der Waals surface area contributed by atoms with Gasteiger partial charge in [0.05, 0.1) is 6.26 Å². The number of guanidine groups is 1. The van der Waals surface area contributed by atoms with Gasteiger partial charge in [0, 0.05) is 32.1 Å². The molecule has 9 heteroatoms. The molecule has 0 spiro atoms. The van der Waals surface area contributed by atoms with Gasteiger partial charge >= 0.3 is 0 Å². The zero-order valence-corrected chi connectivity index (χ0v) is 20.1. The second-order valence-electron chi connectivity index (χ2n) is 7.51. The number of benzene rings is 1. The summed E-state index contributed by atoms with van der Waals surface area (Å²) < 4.78 is 11.4. The molecule has 0 saturated heterocycles. The average Bonchev–Trinajstić information content (AvgIpc) is 3.36. The molecular weight excluding hydrogens is 495 g/mol. The quantitative estimate of drug-likeness (QED) is 0.247. The zero-order valence-electron chi connectivity index (χ0n) is 17.7. The van der Waals surface area contributed by atoms with Crippen molar-refractivity contribution in [1.29, 1.82) is 0 Å². The van der Waals surface area contributed by atoms with E-state index in [1.54, 1.807) is 13.3 Å². The Balaban J connectivity index is 0.00000320. The van der Waals surface area contributed by atoms with Gasteiger partial charge in [-0.15, -0.1) is 24.0 Å². The summed E-state index contributed by atoms with van der Waals surface area (Å²) in [7, 11) is 1.75. The lowest BCUT2D eigenvalue weighted by Gasteiger charge is -2.23. The molecule has 0 atom stereocenters. The molecule has 0 fully saturated rings. The third kappa shape index (κ3) is 7.05. The van der Waals surface area contributed by atoms with Crippen molar-refractivity contribution in [1.82, 2.24) is 25.8 Å². The number of furan rings is 1. The number of hydrogen-bond acceptors (Lipinski definition) is 5. The van der Waals surface area contributed by atoms with Crippen molar-refractivity contribution in [3.05, 3.63) is 54.0 Å². The molecule has 0 bridgehead atoms. The number of aliphatic imine (C=N–C) groups is 1. The fourth-order valence-corrected chi connectivity index (χ4v) is 2.70. The number of aromatic amines is 1. The Hall–Kier alpha value is -2.56. The van der Waals surface area contributed by atoms with Crippen molar-refractivity contribution in [2.24, 2.45) is 4.99 Å². The Kier molecular flexibility index (Phi) is 8.70. The lowest BCUT2D eigenvalue weighted by molar-refractivity contribution is 0.129. The summed E-state index contributed by atoms with van der Waals surface area (Å²) >= 11 is 0. The van der Waals surface area contributed by atoms with E-state index in [2.05, 4.69) is 30.8 Å². The van der Waals surface area contributed by atoms with Crippen LogP contribution in [0.25, 0.3) is 11.6 Å². The average molecular weight is 524 g/mol. The van der Waals surface area contributed by atoms with Crippen molar-refractivity contribution in [2.45, 2.75) is 39.3 Å². The number of halogens is 1. The normalized spacial score (nSPS) is 11.7. The lowest BCUT2D eigenvalue weighted by Crippen LogP contribution is -2.38. The summed E-state index contributed by atoms with van der Waals surface area (Å²) in [6, 6.07) is 11.7. The fraction of sp³-hybridized carbons (Fsp3) is 0.381. The molecule has 0 unspecified atom stereocenters. The predicted octanol–water partition coefficient (Wildman–Crippen LogP) is 3.77. The van der Waals surface area contributed by atoms with Gasteiger partial charge < -0.3 is 19.8 Å². The SMILES string of the molecule is CN=C(NCCc1nc(-c2ccco2)n[nH]1)NCc1ccccc1OC(C)(C)C.I. The van der Waals surface area contributed by atoms with Crippen molar-refractivity contribution >= 4 is 29.9 Å². The minimum Gasteiger partial charge on any atom is -0.488 e. The summed E-state index contributed by atoms with van der Waals surface area (Å²) in [4.78, 5) is 8.71. The van der Waals surface area contributed by atoms with E-state index in [1.165, 1.54) is 0 Å². The number of rotatable bonds is 7. The van der Waals surface area contributed by atoms with E-state index in [1.807, 2.05) is 57.2 Å². The molecule has 1 aromatic carbocycles. The number of para-hydroxylation sites is 1. The second kappa shape index (κ2) is 11.0. The Morgan fingerprint density at radius 3 is 2.67 bits per heavy atom. The van der Waals surface area contributed by atoms with Crippen LogP contribution in [-0.2, 0) is 13.0 Å². The minimum absolute atomic E-state index is 0. The van der Waals surface area contributed by atoms with Crippen LogP contribution in [0.3, 0.4) is 0 Å². The predicted molar refractivity (Wildman–Crippen MR) is 128 cm³/mol. The number of H-pyrrole nitrogens is 1. The largest absolute Gasteiger partial charge is 0.488 e. The Bertz CT molecular complexity index is 931. The van der Waals surface area contributed by atoms with Gasteiger partial charge in [-0.05, 0) is 39.0 Å². The molecule has 8 nitrogen and oxygen atoms in total. The van der Waals surface area contributed by atoms with Crippen molar-refractivity contribution < 1.29 is 9.15 Å². The Labute approximate surface area is 193 Å². The molecule has 0 aliphatic carbocycles. The van der Waals surface area contributed by atoms with Crippen LogP contribution in [0.5, 0.6) is 5.75 Å². The highest BCUT2D eigenvalue weighted by Gasteiger charge is 2.14. The monoisotopic (exact) mass is 524 g/mol. The highest BCUT2D eigenvalue weighted by Crippen LogP contribution is 2.22. The summed E-state index contributed by atoms with van der Waals surface area (Å²) in [5.41, 5.74) is 0.824. The van der Waals surface area contributed by atoms with Crippen LogP contribution in [0.1, 0.15) is 32.2 Å². The fourth-order valence-electron chi connectivity index (χ4n) is 2.70. The maximum atomic E-state index is 6.04. The van der Waals surface area contributed by atoms with Gasteiger partial charge in [0.2, 0.25) is 5.82 Å². The standard InChI is InChI=1S/C21H28N6O2.HI/c1-21(2,3)29-16-9-6-5-8-15(16)14-24-20(22-4)23-12-11-18-25-19(27-26-18)17-10-7-13-28-17;/h5-10,13H,11-12,14H2,1-4H3,(H2,22,23,24)(H,25,26,27);1H. The Morgan fingerprint density at radius 2 is 1.97 bits per heavy atom. The summed E-state index contributed by atoms with van der Waals surface area (Å²) in [6.45, 7) is 7.39. The maximum Gasteiger partial charge on any atom is 0.216 e. The van der Waals surface area contributed by atoms with Crippen molar-refractivity contribution in [3.8, 4) is 17.3 Å². The van der Waals surface area contributed by atoms with Gasteiger partial charge in [0.25, 0.3) is 0 Å². The zero-order chi connectivity index (χ0) is 20.7. The summed E-state index contributed by atoms with van der Waals surface area (Å²) in [5, 5.41) is 13.7. The van der Waals surface area contributed by atoms with Crippen molar-refractivity contribution in [2.75, 3.05) is 13.6 Å². The van der Waals surface area contributed by atoms with Crippen molar-refractivity contribution in [3.63, 3.8) is 0 Å². The molecule has 0 saturated carbocycles. The lowest BCUT2D eigenvalue weighted by atomic mass is 10.1. The highest BCUT2D eigenvalue weighted by atomic mass is 127. The molecule has 3 rings (SSSR count). The van der Waals surface area contributed by atoms with E-state index in [0.717, 1.165) is 17.1 Å². The molecule has 2 aromatic heterocycles. The van der Waals surface area contributed by atoms with E-state index < -0.39 is 0 Å². The molecule has 0 amide bonds. The molecule has 0 radical (unpaired) electrons. The van der Waals surface area contributed by atoms with Gasteiger partial charge in [-0.25, -0.2) is 4.98 Å². The molecule has 3 N–H and O–H groups in total. The molecule has 0 aliphatic heterocycles. The number of hydrogen-bond donors (Lipinski definition) is 3. The van der Waals surface area contributed by atoms with E-state index in [9.17, 15) is 0 Å².